The fraction of sp³-hybridized carbons (Fsp3) is 0.714. The summed E-state index contributed by atoms with van der Waals surface area (Å²) < 4.78 is 34.4. The smallest absolute Gasteiger partial charge is 0.171 e. The van der Waals surface area contributed by atoms with Crippen molar-refractivity contribution in [1.82, 2.24) is 0 Å². The first-order valence-electron chi connectivity index (χ1n) is 3.15. The molecule has 0 radical (unpaired) electrons. The average molecular weight is 152 g/mol. The normalized spacial score (nSPS) is 13.4. The Morgan fingerprint density at radius 1 is 1.30 bits per heavy atom. The quantitative estimate of drug-likeness (QED) is 0.533. The van der Waals surface area contributed by atoms with Crippen LogP contribution in [0.1, 0.15) is 20.3 Å². The number of allylic oxidation sites excluding steroid dienone is 2. The molecule has 0 aliphatic carbocycles. The molecule has 0 aromatic carbocycles. The molecule has 0 N–H and O–H groups in total. The van der Waals surface area contributed by atoms with Crippen LogP contribution < -0.4 is 0 Å². The van der Waals surface area contributed by atoms with Crippen molar-refractivity contribution in [3.8, 4) is 0 Å². The molecular formula is C7H11F3. The highest BCUT2D eigenvalue weighted by Crippen LogP contribution is 2.19. The molecule has 0 nitrogen and oxygen atoms in total. The van der Waals surface area contributed by atoms with Gasteiger partial charge in [-0.1, -0.05) is 26.0 Å². The van der Waals surface area contributed by atoms with Crippen molar-refractivity contribution >= 4 is 0 Å². The Balaban J connectivity index is 3.54. The zero-order chi connectivity index (χ0) is 8.20. The van der Waals surface area contributed by atoms with Gasteiger partial charge in [0.25, 0.3) is 0 Å². The van der Waals surface area contributed by atoms with Crippen LogP contribution in [-0.4, -0.2) is 6.18 Å². The Bertz CT molecular complexity index is 111. The highest BCUT2D eigenvalue weighted by Gasteiger charge is 2.24. The van der Waals surface area contributed by atoms with Crippen molar-refractivity contribution in [2.24, 2.45) is 5.92 Å². The summed E-state index contributed by atoms with van der Waals surface area (Å²) in [6, 6.07) is 0. The molecule has 0 saturated heterocycles. The Morgan fingerprint density at radius 2 is 1.80 bits per heavy atom. The standard InChI is InChI=1S/C7H11F3/c1-6(2)4-3-5-7(8,9)10/h3-4,6H,5H2,1-2H3/b4-3+. The van der Waals surface area contributed by atoms with E-state index in [-0.39, 0.29) is 5.92 Å². The lowest BCUT2D eigenvalue weighted by Crippen LogP contribution is -2.04. The molecule has 0 spiro atoms. The van der Waals surface area contributed by atoms with Gasteiger partial charge in [-0.2, -0.15) is 13.2 Å². The minimum absolute atomic E-state index is 0.197. The van der Waals surface area contributed by atoms with E-state index in [0.717, 1.165) is 6.08 Å². The first kappa shape index (κ1) is 9.53. The summed E-state index contributed by atoms with van der Waals surface area (Å²) in [6.07, 6.45) is -2.16. The molecule has 10 heavy (non-hydrogen) atoms. The lowest BCUT2D eigenvalue weighted by Gasteiger charge is -2.00. The first-order valence-corrected chi connectivity index (χ1v) is 3.15. The molecular weight excluding hydrogens is 141 g/mol. The molecule has 0 fully saturated rings. The van der Waals surface area contributed by atoms with E-state index in [4.69, 9.17) is 0 Å². The van der Waals surface area contributed by atoms with E-state index >= 15 is 0 Å². The fourth-order valence-corrected chi connectivity index (χ4v) is 0.474. The van der Waals surface area contributed by atoms with Crippen LogP contribution in [-0.2, 0) is 0 Å². The third kappa shape index (κ3) is 7.53. The van der Waals surface area contributed by atoms with Gasteiger partial charge in [0.1, 0.15) is 0 Å². The summed E-state index contributed by atoms with van der Waals surface area (Å²) in [4.78, 5) is 0. The van der Waals surface area contributed by atoms with Crippen LogP contribution in [0.15, 0.2) is 12.2 Å². The molecule has 0 aromatic heterocycles. The van der Waals surface area contributed by atoms with Gasteiger partial charge in [-0.15, -0.1) is 0 Å². The van der Waals surface area contributed by atoms with Gasteiger partial charge in [-0.3, -0.25) is 0 Å². The molecule has 0 aromatic rings. The summed E-state index contributed by atoms with van der Waals surface area (Å²) in [5.41, 5.74) is 0. The van der Waals surface area contributed by atoms with Gasteiger partial charge in [0.2, 0.25) is 0 Å². The number of alkyl halides is 3. The molecule has 0 aliphatic heterocycles. The van der Waals surface area contributed by atoms with Crippen molar-refractivity contribution in [1.29, 1.82) is 0 Å². The van der Waals surface area contributed by atoms with Crippen LogP contribution in [0, 0.1) is 5.92 Å². The van der Waals surface area contributed by atoms with Gasteiger partial charge < -0.3 is 0 Å². The predicted molar refractivity (Wildman–Crippen MR) is 34.6 cm³/mol. The zero-order valence-electron chi connectivity index (χ0n) is 6.07. The van der Waals surface area contributed by atoms with Gasteiger partial charge in [-0.25, -0.2) is 0 Å². The van der Waals surface area contributed by atoms with E-state index in [1.165, 1.54) is 0 Å². The molecule has 0 atom stereocenters. The Kier molecular flexibility index (Phi) is 3.47. The fourth-order valence-electron chi connectivity index (χ4n) is 0.474. The van der Waals surface area contributed by atoms with Crippen molar-refractivity contribution < 1.29 is 13.2 Å². The molecule has 0 amide bonds. The Morgan fingerprint density at radius 3 is 2.10 bits per heavy atom. The largest absolute Gasteiger partial charge is 0.392 e. The molecule has 3 heteroatoms. The molecule has 0 aliphatic rings. The van der Waals surface area contributed by atoms with E-state index in [0.29, 0.717) is 0 Å². The third-order valence-corrected chi connectivity index (χ3v) is 0.870. The SMILES string of the molecule is CC(C)/C=C/CC(F)(F)F. The molecule has 60 valence electrons. The van der Waals surface area contributed by atoms with Gasteiger partial charge in [-0.05, 0) is 5.92 Å². The highest BCUT2D eigenvalue weighted by atomic mass is 19.4. The second kappa shape index (κ2) is 3.64. The monoisotopic (exact) mass is 152 g/mol. The van der Waals surface area contributed by atoms with E-state index in [1.807, 2.05) is 13.8 Å². The maximum Gasteiger partial charge on any atom is 0.392 e. The number of halogens is 3. The van der Waals surface area contributed by atoms with Crippen molar-refractivity contribution in [2.75, 3.05) is 0 Å². The minimum atomic E-state index is -4.05. The maximum atomic E-state index is 11.5. The van der Waals surface area contributed by atoms with Crippen molar-refractivity contribution in [3.05, 3.63) is 12.2 Å². The molecule has 0 unspecified atom stereocenters. The van der Waals surface area contributed by atoms with Gasteiger partial charge in [0.05, 0.1) is 6.42 Å². The Labute approximate surface area is 58.7 Å². The summed E-state index contributed by atoms with van der Waals surface area (Å²) in [5, 5.41) is 0. The van der Waals surface area contributed by atoms with Crippen molar-refractivity contribution in [3.63, 3.8) is 0 Å². The summed E-state index contributed by atoms with van der Waals surface area (Å²) in [6.45, 7) is 3.68. The first-order chi connectivity index (χ1) is 4.42. The van der Waals surface area contributed by atoms with Crippen molar-refractivity contribution in [2.45, 2.75) is 26.4 Å². The van der Waals surface area contributed by atoms with Gasteiger partial charge in [0, 0.05) is 0 Å². The maximum absolute atomic E-state index is 11.5. The Hall–Kier alpha value is -0.470. The second-order valence-corrected chi connectivity index (χ2v) is 2.49. The summed E-state index contributed by atoms with van der Waals surface area (Å²) >= 11 is 0. The highest BCUT2D eigenvalue weighted by molar-refractivity contribution is 4.86. The second-order valence-electron chi connectivity index (χ2n) is 2.49. The van der Waals surface area contributed by atoms with E-state index < -0.39 is 12.6 Å². The van der Waals surface area contributed by atoms with Gasteiger partial charge >= 0.3 is 6.18 Å². The molecule has 0 saturated carbocycles. The number of hydrogen-bond donors (Lipinski definition) is 0. The van der Waals surface area contributed by atoms with Crippen LogP contribution in [0.25, 0.3) is 0 Å². The summed E-state index contributed by atoms with van der Waals surface area (Å²) in [7, 11) is 0. The van der Waals surface area contributed by atoms with E-state index in [1.54, 1.807) is 6.08 Å². The van der Waals surface area contributed by atoms with Gasteiger partial charge in [0.15, 0.2) is 0 Å². The molecule has 0 heterocycles. The topological polar surface area (TPSA) is 0 Å². The minimum Gasteiger partial charge on any atom is -0.171 e. The zero-order valence-corrected chi connectivity index (χ0v) is 6.07. The lowest BCUT2D eigenvalue weighted by atomic mass is 10.2. The third-order valence-electron chi connectivity index (χ3n) is 0.870. The van der Waals surface area contributed by atoms with E-state index in [2.05, 4.69) is 0 Å². The number of rotatable bonds is 2. The average Bonchev–Trinajstić information content (AvgIpc) is 1.59. The van der Waals surface area contributed by atoms with Crippen LogP contribution in [0.5, 0.6) is 0 Å². The van der Waals surface area contributed by atoms with Crippen LogP contribution in [0.2, 0.25) is 0 Å². The molecule has 0 bridgehead atoms. The number of hydrogen-bond acceptors (Lipinski definition) is 0. The predicted octanol–water partition coefficient (Wildman–Crippen LogP) is 3.15. The van der Waals surface area contributed by atoms with Crippen LogP contribution in [0.4, 0.5) is 13.2 Å². The van der Waals surface area contributed by atoms with E-state index in [9.17, 15) is 13.2 Å². The lowest BCUT2D eigenvalue weighted by molar-refractivity contribution is -0.125. The molecule has 0 rings (SSSR count). The van der Waals surface area contributed by atoms with Crippen LogP contribution in [0.3, 0.4) is 0 Å². The van der Waals surface area contributed by atoms with Crippen LogP contribution >= 0.6 is 0 Å². The summed E-state index contributed by atoms with van der Waals surface area (Å²) in [5.74, 6) is 0.197.